The van der Waals surface area contributed by atoms with Gasteiger partial charge in [0.1, 0.15) is 28.6 Å². The van der Waals surface area contributed by atoms with Crippen molar-refractivity contribution in [1.29, 1.82) is 0 Å². The maximum atomic E-state index is 14.1. The normalized spacial score (nSPS) is 14.3. The van der Waals surface area contributed by atoms with Gasteiger partial charge in [0.15, 0.2) is 15.6 Å². The molecule has 1 heterocycles. The number of Topliss-reactive ketones (excluding diaryl/α,β-unsaturated/α-hetero) is 1. The standard InChI is InChI=1S/C17H20FNO5S/c1-11-5-4-6-13(16(11)18)14-9-12(24-19-14)7-8-17(2,15(21)10-20)25(3,22)23/h4-6,9,20H,7-8,10H2,1-3H3/t17-/m1/s1. The highest BCUT2D eigenvalue weighted by atomic mass is 32.2. The number of halogens is 1. The summed E-state index contributed by atoms with van der Waals surface area (Å²) in [5.74, 6) is -0.852. The molecule has 25 heavy (non-hydrogen) atoms. The van der Waals surface area contributed by atoms with Gasteiger partial charge in [-0.05, 0) is 31.9 Å². The first-order valence-electron chi connectivity index (χ1n) is 7.65. The Morgan fingerprint density at radius 1 is 1.40 bits per heavy atom. The predicted molar refractivity (Wildman–Crippen MR) is 90.3 cm³/mol. The Labute approximate surface area is 145 Å². The molecule has 0 saturated heterocycles. The number of aryl methyl sites for hydroxylation is 2. The summed E-state index contributed by atoms with van der Waals surface area (Å²) < 4.78 is 41.5. The molecular weight excluding hydrogens is 349 g/mol. The van der Waals surface area contributed by atoms with E-state index < -0.39 is 32.8 Å². The van der Waals surface area contributed by atoms with Crippen molar-refractivity contribution in [2.45, 2.75) is 31.4 Å². The minimum Gasteiger partial charge on any atom is -0.389 e. The minimum absolute atomic E-state index is 0.0733. The number of benzene rings is 1. The topological polar surface area (TPSA) is 97.5 Å². The van der Waals surface area contributed by atoms with Crippen molar-refractivity contribution >= 4 is 15.6 Å². The smallest absolute Gasteiger partial charge is 0.179 e. The highest BCUT2D eigenvalue weighted by Crippen LogP contribution is 2.28. The number of aromatic nitrogens is 1. The number of aliphatic hydroxyl groups is 1. The molecule has 1 aromatic heterocycles. The van der Waals surface area contributed by atoms with Gasteiger partial charge in [0.05, 0.1) is 0 Å². The summed E-state index contributed by atoms with van der Waals surface area (Å²) in [6.07, 6.45) is 0.987. The first-order valence-corrected chi connectivity index (χ1v) is 9.54. The van der Waals surface area contributed by atoms with Crippen LogP contribution in [0.2, 0.25) is 0 Å². The Kier molecular flexibility index (Phi) is 5.43. The van der Waals surface area contributed by atoms with Crippen molar-refractivity contribution in [2.75, 3.05) is 12.9 Å². The molecule has 2 rings (SSSR count). The van der Waals surface area contributed by atoms with Crippen LogP contribution in [0.3, 0.4) is 0 Å². The van der Waals surface area contributed by atoms with Gasteiger partial charge in [0.2, 0.25) is 0 Å². The molecule has 6 nitrogen and oxygen atoms in total. The molecule has 0 fully saturated rings. The fraction of sp³-hybridized carbons (Fsp3) is 0.412. The van der Waals surface area contributed by atoms with E-state index in [1.807, 2.05) is 0 Å². The monoisotopic (exact) mass is 369 g/mol. The molecule has 0 saturated carbocycles. The number of ketones is 1. The van der Waals surface area contributed by atoms with Gasteiger partial charge in [0.25, 0.3) is 0 Å². The second-order valence-corrected chi connectivity index (χ2v) is 8.64. The number of nitrogens with zero attached hydrogens (tertiary/aromatic N) is 1. The molecule has 1 N–H and O–H groups in total. The van der Waals surface area contributed by atoms with Gasteiger partial charge in [-0.3, -0.25) is 4.79 Å². The first kappa shape index (κ1) is 19.3. The molecule has 0 unspecified atom stereocenters. The number of sulfone groups is 1. The summed E-state index contributed by atoms with van der Waals surface area (Å²) in [4.78, 5) is 11.9. The van der Waals surface area contributed by atoms with Gasteiger partial charge in [-0.2, -0.15) is 0 Å². The van der Waals surface area contributed by atoms with Crippen molar-refractivity contribution in [2.24, 2.45) is 0 Å². The molecule has 0 amide bonds. The average molecular weight is 369 g/mol. The van der Waals surface area contributed by atoms with E-state index in [1.54, 1.807) is 25.1 Å². The van der Waals surface area contributed by atoms with E-state index in [0.29, 0.717) is 17.0 Å². The second-order valence-electron chi connectivity index (χ2n) is 6.20. The highest BCUT2D eigenvalue weighted by molar-refractivity contribution is 7.92. The molecule has 0 aliphatic rings. The summed E-state index contributed by atoms with van der Waals surface area (Å²) in [6, 6.07) is 6.42. The quantitative estimate of drug-likeness (QED) is 0.803. The van der Waals surface area contributed by atoms with Crippen molar-refractivity contribution in [3.63, 3.8) is 0 Å². The van der Waals surface area contributed by atoms with Gasteiger partial charge in [-0.1, -0.05) is 17.3 Å². The lowest BCUT2D eigenvalue weighted by molar-refractivity contribution is -0.124. The maximum Gasteiger partial charge on any atom is 0.179 e. The summed E-state index contributed by atoms with van der Waals surface area (Å²) in [5.41, 5.74) is 1.05. The van der Waals surface area contributed by atoms with E-state index in [4.69, 9.17) is 9.63 Å². The highest BCUT2D eigenvalue weighted by Gasteiger charge is 2.42. The molecule has 0 spiro atoms. The maximum absolute atomic E-state index is 14.1. The summed E-state index contributed by atoms with van der Waals surface area (Å²) in [7, 11) is -3.74. The van der Waals surface area contributed by atoms with Crippen LogP contribution < -0.4 is 0 Å². The third-order valence-electron chi connectivity index (χ3n) is 4.43. The Morgan fingerprint density at radius 3 is 2.68 bits per heavy atom. The van der Waals surface area contributed by atoms with Crippen LogP contribution in [0.1, 0.15) is 24.7 Å². The fourth-order valence-electron chi connectivity index (χ4n) is 2.46. The van der Waals surface area contributed by atoms with Crippen LogP contribution in [0.25, 0.3) is 11.3 Å². The lowest BCUT2D eigenvalue weighted by Gasteiger charge is -2.24. The number of carbonyl (C=O) groups excluding carboxylic acids is 1. The lowest BCUT2D eigenvalue weighted by Crippen LogP contribution is -2.45. The number of hydrogen-bond acceptors (Lipinski definition) is 6. The third-order valence-corrected chi connectivity index (χ3v) is 6.50. The lowest BCUT2D eigenvalue weighted by atomic mass is 9.98. The molecule has 1 aromatic carbocycles. The SMILES string of the molecule is Cc1cccc(-c2cc(CC[C@](C)(C(=O)CO)S(C)(=O)=O)on2)c1F. The summed E-state index contributed by atoms with van der Waals surface area (Å²) in [5, 5.41) is 12.9. The molecule has 1 atom stereocenters. The van der Waals surface area contributed by atoms with Crippen molar-refractivity contribution in [3.8, 4) is 11.3 Å². The third kappa shape index (κ3) is 3.80. The van der Waals surface area contributed by atoms with Crippen molar-refractivity contribution < 1.29 is 27.2 Å². The Hall–Kier alpha value is -2.06. The molecule has 2 aromatic rings. The van der Waals surface area contributed by atoms with E-state index in [2.05, 4.69) is 5.16 Å². The number of rotatable bonds is 7. The Balaban J connectivity index is 2.24. The zero-order valence-electron chi connectivity index (χ0n) is 14.2. The van der Waals surface area contributed by atoms with Gasteiger partial charge >= 0.3 is 0 Å². The molecule has 0 aliphatic heterocycles. The largest absolute Gasteiger partial charge is 0.389 e. The van der Waals surface area contributed by atoms with E-state index in [9.17, 15) is 17.6 Å². The average Bonchev–Trinajstić information content (AvgIpc) is 3.02. The van der Waals surface area contributed by atoms with Crippen LogP contribution in [0, 0.1) is 12.7 Å². The molecule has 0 aliphatic carbocycles. The predicted octanol–water partition coefficient (Wildman–Crippen LogP) is 2.09. The van der Waals surface area contributed by atoms with E-state index in [1.165, 1.54) is 13.0 Å². The Morgan fingerprint density at radius 2 is 2.08 bits per heavy atom. The number of carbonyl (C=O) groups is 1. The van der Waals surface area contributed by atoms with Gasteiger partial charge in [-0.15, -0.1) is 0 Å². The summed E-state index contributed by atoms with van der Waals surface area (Å²) >= 11 is 0. The van der Waals surface area contributed by atoms with Gasteiger partial charge < -0.3 is 9.63 Å². The van der Waals surface area contributed by atoms with Crippen LogP contribution in [0.4, 0.5) is 4.39 Å². The van der Waals surface area contributed by atoms with Crippen LogP contribution in [0.5, 0.6) is 0 Å². The first-order chi connectivity index (χ1) is 11.6. The molecule has 136 valence electrons. The molecule has 0 bridgehead atoms. The molecule has 8 heteroatoms. The van der Waals surface area contributed by atoms with E-state index in [-0.39, 0.29) is 18.4 Å². The van der Waals surface area contributed by atoms with E-state index >= 15 is 0 Å². The fourth-order valence-corrected chi connectivity index (χ4v) is 3.41. The molecular formula is C17H20FNO5S. The van der Waals surface area contributed by atoms with Crippen LogP contribution in [0.15, 0.2) is 28.8 Å². The van der Waals surface area contributed by atoms with E-state index in [0.717, 1.165) is 6.26 Å². The second kappa shape index (κ2) is 7.05. The van der Waals surface area contributed by atoms with Crippen LogP contribution in [-0.4, -0.2) is 42.1 Å². The summed E-state index contributed by atoms with van der Waals surface area (Å²) in [6.45, 7) is 2.05. The zero-order valence-corrected chi connectivity index (χ0v) is 15.1. The zero-order chi connectivity index (χ0) is 18.8. The minimum atomic E-state index is -3.74. The van der Waals surface area contributed by atoms with Gasteiger partial charge in [0, 0.05) is 24.3 Å². The molecule has 0 radical (unpaired) electrons. The number of aliphatic hydroxyl groups excluding tert-OH is 1. The van der Waals surface area contributed by atoms with Crippen LogP contribution >= 0.6 is 0 Å². The van der Waals surface area contributed by atoms with Crippen LogP contribution in [-0.2, 0) is 21.1 Å². The van der Waals surface area contributed by atoms with Crippen molar-refractivity contribution in [1.82, 2.24) is 5.16 Å². The Bertz CT molecular complexity index is 890. The number of hydrogen-bond donors (Lipinski definition) is 1. The van der Waals surface area contributed by atoms with Crippen molar-refractivity contribution in [3.05, 3.63) is 41.4 Å². The van der Waals surface area contributed by atoms with Gasteiger partial charge in [-0.25, -0.2) is 12.8 Å².